The second-order valence-corrected chi connectivity index (χ2v) is 6.00. The summed E-state index contributed by atoms with van der Waals surface area (Å²) >= 11 is 5.90. The summed E-state index contributed by atoms with van der Waals surface area (Å²) in [4.78, 5) is 10.5. The summed E-state index contributed by atoms with van der Waals surface area (Å²) in [6, 6.07) is 12.7. The Morgan fingerprint density at radius 2 is 1.91 bits per heavy atom. The van der Waals surface area contributed by atoms with Crippen LogP contribution in [-0.2, 0) is 6.54 Å². The van der Waals surface area contributed by atoms with Crippen molar-refractivity contribution in [2.24, 2.45) is 0 Å². The van der Waals surface area contributed by atoms with E-state index in [1.165, 1.54) is 5.56 Å². The van der Waals surface area contributed by atoms with Gasteiger partial charge in [0.05, 0.1) is 0 Å². The van der Waals surface area contributed by atoms with Crippen LogP contribution >= 0.6 is 11.6 Å². The van der Waals surface area contributed by atoms with Gasteiger partial charge in [0.25, 0.3) is 0 Å². The van der Waals surface area contributed by atoms with Crippen LogP contribution in [0.5, 0.6) is 0 Å². The van der Waals surface area contributed by atoms with E-state index in [0.29, 0.717) is 17.0 Å². The highest BCUT2D eigenvalue weighted by Gasteiger charge is 2.19. The molecule has 2 heterocycles. The number of nitrogen functional groups attached to an aromatic ring is 1. The number of aromatic nitrogens is 2. The van der Waals surface area contributed by atoms with Crippen molar-refractivity contribution in [2.75, 3.05) is 24.1 Å². The van der Waals surface area contributed by atoms with Crippen LogP contribution in [0.4, 0.5) is 11.8 Å². The maximum atomic E-state index is 5.90. The zero-order valence-corrected chi connectivity index (χ0v) is 13.1. The highest BCUT2D eigenvalue weighted by Crippen LogP contribution is 2.19. The minimum Gasteiger partial charge on any atom is -0.368 e. The Morgan fingerprint density at radius 3 is 2.59 bits per heavy atom. The van der Waals surface area contributed by atoms with E-state index in [-0.39, 0.29) is 5.95 Å². The van der Waals surface area contributed by atoms with E-state index in [0.717, 1.165) is 32.5 Å². The molecule has 1 aromatic carbocycles. The first-order valence-corrected chi connectivity index (χ1v) is 7.90. The van der Waals surface area contributed by atoms with Gasteiger partial charge in [-0.05, 0) is 18.4 Å². The molecule has 1 aliphatic heterocycles. The largest absolute Gasteiger partial charge is 0.368 e. The lowest BCUT2D eigenvalue weighted by Gasteiger charge is -2.32. The van der Waals surface area contributed by atoms with Gasteiger partial charge in [-0.3, -0.25) is 4.90 Å². The molecule has 0 aliphatic carbocycles. The molecule has 5 nitrogen and oxygen atoms in total. The van der Waals surface area contributed by atoms with Crippen LogP contribution in [0.1, 0.15) is 18.4 Å². The minimum absolute atomic E-state index is 0.205. The summed E-state index contributed by atoms with van der Waals surface area (Å²) in [6.07, 6.45) is 2.16. The average molecular weight is 318 g/mol. The summed E-state index contributed by atoms with van der Waals surface area (Å²) in [5.74, 6) is 0.913. The smallest absolute Gasteiger partial charge is 0.223 e. The monoisotopic (exact) mass is 317 g/mol. The topological polar surface area (TPSA) is 67.1 Å². The first kappa shape index (κ1) is 15.1. The van der Waals surface area contributed by atoms with E-state index in [9.17, 15) is 0 Å². The molecular formula is C16H20ClN5. The van der Waals surface area contributed by atoms with Gasteiger partial charge in [-0.2, -0.15) is 4.98 Å². The van der Waals surface area contributed by atoms with Crippen LogP contribution in [0, 0.1) is 0 Å². The summed E-state index contributed by atoms with van der Waals surface area (Å²) in [5.41, 5.74) is 6.98. The molecule has 3 rings (SSSR count). The fraction of sp³-hybridized carbons (Fsp3) is 0.375. The number of anilines is 2. The SMILES string of the molecule is Nc1nc(Cl)cc(NC2CCN(Cc3ccccc3)CC2)n1. The molecule has 6 heteroatoms. The fourth-order valence-electron chi connectivity index (χ4n) is 2.80. The number of hydrogen-bond donors (Lipinski definition) is 2. The summed E-state index contributed by atoms with van der Waals surface area (Å²) < 4.78 is 0. The molecule has 1 fully saturated rings. The molecule has 0 spiro atoms. The Kier molecular flexibility index (Phi) is 4.75. The lowest BCUT2D eigenvalue weighted by molar-refractivity contribution is 0.211. The molecule has 0 radical (unpaired) electrons. The van der Waals surface area contributed by atoms with Crippen LogP contribution in [0.2, 0.25) is 5.15 Å². The van der Waals surface area contributed by atoms with E-state index in [1.807, 2.05) is 0 Å². The second-order valence-electron chi connectivity index (χ2n) is 5.61. The normalized spacial score (nSPS) is 16.6. The van der Waals surface area contributed by atoms with Crippen LogP contribution in [0.25, 0.3) is 0 Å². The first-order chi connectivity index (χ1) is 10.7. The lowest BCUT2D eigenvalue weighted by Crippen LogP contribution is -2.38. The molecule has 22 heavy (non-hydrogen) atoms. The summed E-state index contributed by atoms with van der Waals surface area (Å²) in [7, 11) is 0. The molecule has 1 aliphatic rings. The number of likely N-dealkylation sites (tertiary alicyclic amines) is 1. The van der Waals surface area contributed by atoms with Crippen molar-refractivity contribution in [3.05, 3.63) is 47.1 Å². The van der Waals surface area contributed by atoms with Crippen molar-refractivity contribution in [1.29, 1.82) is 0 Å². The van der Waals surface area contributed by atoms with Gasteiger partial charge in [0.1, 0.15) is 11.0 Å². The maximum absolute atomic E-state index is 5.90. The number of piperidine rings is 1. The lowest BCUT2D eigenvalue weighted by atomic mass is 10.0. The number of hydrogen-bond acceptors (Lipinski definition) is 5. The van der Waals surface area contributed by atoms with Crippen LogP contribution < -0.4 is 11.1 Å². The summed E-state index contributed by atoms with van der Waals surface area (Å²) in [6.45, 7) is 3.15. The molecule has 0 bridgehead atoms. The first-order valence-electron chi connectivity index (χ1n) is 7.52. The van der Waals surface area contributed by atoms with Gasteiger partial charge in [-0.25, -0.2) is 4.98 Å². The number of nitrogens with two attached hydrogens (primary N) is 1. The third-order valence-electron chi connectivity index (χ3n) is 3.90. The second kappa shape index (κ2) is 6.94. The standard InChI is InChI=1S/C16H20ClN5/c17-14-10-15(21-16(18)20-14)19-13-6-8-22(9-7-13)11-12-4-2-1-3-5-12/h1-5,10,13H,6-9,11H2,(H3,18,19,20,21). The van der Waals surface area contributed by atoms with Gasteiger partial charge in [-0.1, -0.05) is 41.9 Å². The molecule has 116 valence electrons. The van der Waals surface area contributed by atoms with E-state index in [1.54, 1.807) is 6.07 Å². The Bertz CT molecular complexity index is 591. The Balaban J connectivity index is 1.51. The Morgan fingerprint density at radius 1 is 1.18 bits per heavy atom. The molecule has 1 aromatic heterocycles. The van der Waals surface area contributed by atoms with Crippen molar-refractivity contribution < 1.29 is 0 Å². The number of nitrogens with one attached hydrogen (secondary N) is 1. The van der Waals surface area contributed by atoms with Gasteiger partial charge < -0.3 is 11.1 Å². The summed E-state index contributed by atoms with van der Waals surface area (Å²) in [5, 5.41) is 3.78. The highest BCUT2D eigenvalue weighted by atomic mass is 35.5. The van der Waals surface area contributed by atoms with E-state index in [4.69, 9.17) is 17.3 Å². The molecular weight excluding hydrogens is 298 g/mol. The average Bonchev–Trinajstić information content (AvgIpc) is 2.49. The molecule has 2 aromatic rings. The van der Waals surface area contributed by atoms with Gasteiger partial charge in [0, 0.05) is 31.7 Å². The fourth-order valence-corrected chi connectivity index (χ4v) is 2.99. The van der Waals surface area contributed by atoms with Crippen LogP contribution in [0.15, 0.2) is 36.4 Å². The molecule has 1 saturated heterocycles. The van der Waals surface area contributed by atoms with Crippen molar-refractivity contribution in [3.8, 4) is 0 Å². The van der Waals surface area contributed by atoms with Crippen molar-refractivity contribution >= 4 is 23.4 Å². The Hall–Kier alpha value is -1.85. The van der Waals surface area contributed by atoms with Gasteiger partial charge in [0.15, 0.2) is 0 Å². The number of benzene rings is 1. The van der Waals surface area contributed by atoms with E-state index < -0.39 is 0 Å². The quantitative estimate of drug-likeness (QED) is 0.849. The molecule has 0 saturated carbocycles. The van der Waals surface area contributed by atoms with Gasteiger partial charge >= 0.3 is 0 Å². The number of rotatable bonds is 4. The van der Waals surface area contributed by atoms with Crippen molar-refractivity contribution in [2.45, 2.75) is 25.4 Å². The van der Waals surface area contributed by atoms with Crippen LogP contribution in [0.3, 0.4) is 0 Å². The highest BCUT2D eigenvalue weighted by molar-refractivity contribution is 6.29. The zero-order chi connectivity index (χ0) is 15.4. The zero-order valence-electron chi connectivity index (χ0n) is 12.4. The van der Waals surface area contributed by atoms with E-state index in [2.05, 4.69) is 50.5 Å². The van der Waals surface area contributed by atoms with Gasteiger partial charge in [-0.15, -0.1) is 0 Å². The molecule has 0 unspecified atom stereocenters. The van der Waals surface area contributed by atoms with E-state index >= 15 is 0 Å². The molecule has 0 amide bonds. The molecule has 0 atom stereocenters. The number of nitrogens with zero attached hydrogens (tertiary/aromatic N) is 3. The maximum Gasteiger partial charge on any atom is 0.223 e. The Labute approximate surface area is 135 Å². The van der Waals surface area contributed by atoms with Crippen molar-refractivity contribution in [1.82, 2.24) is 14.9 Å². The predicted octanol–water partition coefficient (Wildman–Crippen LogP) is 2.79. The van der Waals surface area contributed by atoms with Crippen LogP contribution in [-0.4, -0.2) is 34.0 Å². The predicted molar refractivity (Wildman–Crippen MR) is 89.8 cm³/mol. The van der Waals surface area contributed by atoms with Gasteiger partial charge in [0.2, 0.25) is 5.95 Å². The third-order valence-corrected chi connectivity index (χ3v) is 4.09. The third kappa shape index (κ3) is 4.08. The molecule has 3 N–H and O–H groups in total. The minimum atomic E-state index is 0.205. The van der Waals surface area contributed by atoms with Crippen molar-refractivity contribution in [3.63, 3.8) is 0 Å². The number of halogens is 1.